The first-order valence-electron chi connectivity index (χ1n) is 5.18. The molecule has 90 valence electrons. The van der Waals surface area contributed by atoms with E-state index < -0.39 is 0 Å². The standard InChI is InChI=1S/C12H12BrFN2S/c1-7-16-12(6-17-7)11(15)4-8-2-3-9(13)5-10(8)14/h2-3,5-6,11H,4,15H2,1H3. The molecule has 1 heterocycles. The molecule has 1 aromatic carbocycles. The Morgan fingerprint density at radius 3 is 2.88 bits per heavy atom. The number of thiazole rings is 1. The number of nitrogens with zero attached hydrogens (tertiary/aromatic N) is 1. The highest BCUT2D eigenvalue weighted by Crippen LogP contribution is 2.22. The predicted octanol–water partition coefficient (Wildman–Crippen LogP) is 3.60. The summed E-state index contributed by atoms with van der Waals surface area (Å²) in [6.07, 6.45) is 0.461. The number of aryl methyl sites for hydroxylation is 1. The highest BCUT2D eigenvalue weighted by atomic mass is 79.9. The number of hydrogen-bond donors (Lipinski definition) is 1. The summed E-state index contributed by atoms with van der Waals surface area (Å²) < 4.78 is 14.4. The van der Waals surface area contributed by atoms with Crippen LogP contribution < -0.4 is 5.73 Å². The van der Waals surface area contributed by atoms with Gasteiger partial charge in [0.05, 0.1) is 16.7 Å². The third kappa shape index (κ3) is 3.12. The molecule has 0 radical (unpaired) electrons. The van der Waals surface area contributed by atoms with Gasteiger partial charge < -0.3 is 5.73 Å². The molecule has 1 unspecified atom stereocenters. The lowest BCUT2D eigenvalue weighted by molar-refractivity contribution is 0.589. The van der Waals surface area contributed by atoms with Gasteiger partial charge in [-0.3, -0.25) is 0 Å². The van der Waals surface area contributed by atoms with E-state index in [1.165, 1.54) is 6.07 Å². The second kappa shape index (κ2) is 5.25. The van der Waals surface area contributed by atoms with E-state index in [0.717, 1.165) is 15.2 Å². The van der Waals surface area contributed by atoms with Crippen molar-refractivity contribution in [2.24, 2.45) is 5.73 Å². The number of rotatable bonds is 3. The predicted molar refractivity (Wildman–Crippen MR) is 71.6 cm³/mol. The SMILES string of the molecule is Cc1nc(C(N)Cc2ccc(Br)cc2F)cs1. The Labute approximate surface area is 112 Å². The maximum atomic E-state index is 13.6. The summed E-state index contributed by atoms with van der Waals surface area (Å²) in [6, 6.07) is 4.76. The van der Waals surface area contributed by atoms with Crippen molar-refractivity contribution in [3.63, 3.8) is 0 Å². The van der Waals surface area contributed by atoms with Crippen LogP contribution in [0.15, 0.2) is 28.1 Å². The summed E-state index contributed by atoms with van der Waals surface area (Å²) in [7, 11) is 0. The van der Waals surface area contributed by atoms with E-state index in [1.54, 1.807) is 17.4 Å². The molecule has 0 spiro atoms. The van der Waals surface area contributed by atoms with E-state index in [4.69, 9.17) is 5.73 Å². The van der Waals surface area contributed by atoms with Crippen LogP contribution in [-0.2, 0) is 6.42 Å². The summed E-state index contributed by atoms with van der Waals surface area (Å²) >= 11 is 4.79. The van der Waals surface area contributed by atoms with Gasteiger partial charge in [-0.05, 0) is 31.0 Å². The smallest absolute Gasteiger partial charge is 0.127 e. The second-order valence-corrected chi connectivity index (χ2v) is 5.82. The van der Waals surface area contributed by atoms with Crippen molar-refractivity contribution in [2.75, 3.05) is 0 Å². The molecule has 0 aliphatic rings. The quantitative estimate of drug-likeness (QED) is 0.940. The van der Waals surface area contributed by atoms with Crippen LogP contribution in [0.3, 0.4) is 0 Å². The van der Waals surface area contributed by atoms with Crippen LogP contribution in [-0.4, -0.2) is 4.98 Å². The Morgan fingerprint density at radius 1 is 1.53 bits per heavy atom. The molecule has 1 atom stereocenters. The highest BCUT2D eigenvalue weighted by molar-refractivity contribution is 9.10. The van der Waals surface area contributed by atoms with Gasteiger partial charge in [0.25, 0.3) is 0 Å². The van der Waals surface area contributed by atoms with E-state index in [2.05, 4.69) is 20.9 Å². The first-order valence-corrected chi connectivity index (χ1v) is 6.85. The molecule has 1 aromatic heterocycles. The average Bonchev–Trinajstić information content (AvgIpc) is 2.69. The first-order chi connectivity index (χ1) is 8.06. The number of hydrogen-bond acceptors (Lipinski definition) is 3. The number of nitrogens with two attached hydrogens (primary N) is 1. The molecule has 0 saturated carbocycles. The topological polar surface area (TPSA) is 38.9 Å². The molecule has 2 aromatic rings. The molecule has 17 heavy (non-hydrogen) atoms. The molecule has 0 amide bonds. The molecular weight excluding hydrogens is 303 g/mol. The number of aromatic nitrogens is 1. The van der Waals surface area contributed by atoms with Crippen LogP contribution in [0.2, 0.25) is 0 Å². The van der Waals surface area contributed by atoms with E-state index in [0.29, 0.717) is 12.0 Å². The lowest BCUT2D eigenvalue weighted by atomic mass is 10.0. The molecular formula is C12H12BrFN2S. The largest absolute Gasteiger partial charge is 0.322 e. The van der Waals surface area contributed by atoms with Gasteiger partial charge in [0.15, 0.2) is 0 Å². The summed E-state index contributed by atoms with van der Waals surface area (Å²) in [5.41, 5.74) is 7.46. The maximum Gasteiger partial charge on any atom is 0.127 e. The van der Waals surface area contributed by atoms with Crippen molar-refractivity contribution in [1.82, 2.24) is 4.98 Å². The zero-order chi connectivity index (χ0) is 12.4. The zero-order valence-electron chi connectivity index (χ0n) is 9.28. The third-order valence-electron chi connectivity index (χ3n) is 2.47. The van der Waals surface area contributed by atoms with Crippen LogP contribution in [0.25, 0.3) is 0 Å². The second-order valence-electron chi connectivity index (χ2n) is 3.84. The lowest BCUT2D eigenvalue weighted by Crippen LogP contribution is -2.14. The van der Waals surface area contributed by atoms with Crippen molar-refractivity contribution >= 4 is 27.3 Å². The van der Waals surface area contributed by atoms with Gasteiger partial charge in [-0.2, -0.15) is 0 Å². The fourth-order valence-electron chi connectivity index (χ4n) is 1.58. The zero-order valence-corrected chi connectivity index (χ0v) is 11.7. The minimum Gasteiger partial charge on any atom is -0.322 e. The molecule has 0 fully saturated rings. The third-order valence-corrected chi connectivity index (χ3v) is 3.76. The Hall–Kier alpha value is -0.780. The summed E-state index contributed by atoms with van der Waals surface area (Å²) in [6.45, 7) is 1.93. The van der Waals surface area contributed by atoms with Gasteiger partial charge in [-0.1, -0.05) is 22.0 Å². The van der Waals surface area contributed by atoms with Crippen molar-refractivity contribution in [1.29, 1.82) is 0 Å². The van der Waals surface area contributed by atoms with E-state index >= 15 is 0 Å². The van der Waals surface area contributed by atoms with Gasteiger partial charge in [-0.25, -0.2) is 9.37 Å². The van der Waals surface area contributed by atoms with Crippen LogP contribution in [0.5, 0.6) is 0 Å². The van der Waals surface area contributed by atoms with Gasteiger partial charge in [0.1, 0.15) is 5.82 Å². The Kier molecular flexibility index (Phi) is 3.91. The van der Waals surface area contributed by atoms with E-state index in [9.17, 15) is 4.39 Å². The molecule has 0 aliphatic heterocycles. The highest BCUT2D eigenvalue weighted by Gasteiger charge is 2.13. The number of halogens is 2. The average molecular weight is 315 g/mol. The first kappa shape index (κ1) is 12.7. The summed E-state index contributed by atoms with van der Waals surface area (Å²) in [4.78, 5) is 4.32. The molecule has 2 rings (SSSR count). The van der Waals surface area contributed by atoms with Crippen molar-refractivity contribution in [3.05, 3.63) is 50.1 Å². The normalized spacial score (nSPS) is 12.7. The lowest BCUT2D eigenvalue weighted by Gasteiger charge is -2.10. The fourth-order valence-corrected chi connectivity index (χ4v) is 2.59. The Balaban J connectivity index is 2.15. The molecule has 2 N–H and O–H groups in total. The monoisotopic (exact) mass is 314 g/mol. The molecule has 5 heteroatoms. The minimum atomic E-state index is -0.254. The van der Waals surface area contributed by atoms with Gasteiger partial charge in [0.2, 0.25) is 0 Å². The fraction of sp³-hybridized carbons (Fsp3) is 0.250. The van der Waals surface area contributed by atoms with Gasteiger partial charge in [-0.15, -0.1) is 11.3 Å². The van der Waals surface area contributed by atoms with E-state index in [-0.39, 0.29) is 11.9 Å². The van der Waals surface area contributed by atoms with Crippen LogP contribution in [0, 0.1) is 12.7 Å². The van der Waals surface area contributed by atoms with Crippen LogP contribution in [0.1, 0.15) is 22.3 Å². The van der Waals surface area contributed by atoms with Gasteiger partial charge >= 0.3 is 0 Å². The molecule has 2 nitrogen and oxygen atoms in total. The molecule has 0 bridgehead atoms. The molecule has 0 aliphatic carbocycles. The minimum absolute atomic E-state index is 0.234. The summed E-state index contributed by atoms with van der Waals surface area (Å²) in [5, 5.41) is 2.91. The Morgan fingerprint density at radius 2 is 2.29 bits per heavy atom. The molecule has 0 saturated heterocycles. The van der Waals surface area contributed by atoms with Crippen LogP contribution >= 0.6 is 27.3 Å². The van der Waals surface area contributed by atoms with Crippen molar-refractivity contribution in [3.8, 4) is 0 Å². The van der Waals surface area contributed by atoms with Crippen LogP contribution in [0.4, 0.5) is 4.39 Å². The Bertz CT molecular complexity index is 527. The van der Waals surface area contributed by atoms with Gasteiger partial charge in [0, 0.05) is 9.85 Å². The van der Waals surface area contributed by atoms with E-state index in [1.807, 2.05) is 18.4 Å². The summed E-state index contributed by atoms with van der Waals surface area (Å²) in [5.74, 6) is -0.234. The van der Waals surface area contributed by atoms with Crippen molar-refractivity contribution < 1.29 is 4.39 Å². The number of benzene rings is 1. The van der Waals surface area contributed by atoms with Crippen molar-refractivity contribution in [2.45, 2.75) is 19.4 Å². The maximum absolute atomic E-state index is 13.6.